The summed E-state index contributed by atoms with van der Waals surface area (Å²) in [5, 5.41) is 4.19. The van der Waals surface area contributed by atoms with Crippen molar-refractivity contribution in [2.24, 2.45) is 0 Å². The molecule has 0 aliphatic rings. The molecular weight excluding hydrogens is 233 g/mol. The minimum absolute atomic E-state index is 0.0636. The van der Waals surface area contributed by atoms with Gasteiger partial charge in [0, 0.05) is 12.1 Å². The fourth-order valence-corrected chi connectivity index (χ4v) is 1.44. The summed E-state index contributed by atoms with van der Waals surface area (Å²) in [6.45, 7) is 2.63. The van der Waals surface area contributed by atoms with Gasteiger partial charge in [0.15, 0.2) is 5.65 Å². The molecule has 0 N–H and O–H groups in total. The van der Waals surface area contributed by atoms with Crippen molar-refractivity contribution in [2.75, 3.05) is 0 Å². The number of hydrogen-bond acceptors (Lipinski definition) is 3. The van der Waals surface area contributed by atoms with Gasteiger partial charge in [-0.2, -0.15) is 18.3 Å². The van der Waals surface area contributed by atoms with Crippen LogP contribution in [-0.2, 0) is 6.54 Å². The van der Waals surface area contributed by atoms with Gasteiger partial charge >= 0.3 is 6.18 Å². The van der Waals surface area contributed by atoms with Crippen LogP contribution in [0.4, 0.5) is 13.2 Å². The smallest absolute Gasteiger partial charge is 0.240 e. The molecular formula is C10H11F3N4. The monoisotopic (exact) mass is 244 g/mol. The Balaban J connectivity index is 2.47. The summed E-state index contributed by atoms with van der Waals surface area (Å²) < 4.78 is 37.8. The molecule has 2 heterocycles. The largest absolute Gasteiger partial charge is 0.408 e. The van der Waals surface area contributed by atoms with E-state index in [0.29, 0.717) is 11.2 Å². The lowest BCUT2D eigenvalue weighted by atomic mass is 10.2. The maximum atomic E-state index is 12.3. The first-order valence-corrected chi connectivity index (χ1v) is 5.12. The summed E-state index contributed by atoms with van der Waals surface area (Å²) >= 11 is 0. The molecule has 7 heteroatoms. The average Bonchev–Trinajstić information content (AvgIpc) is 2.58. The quantitative estimate of drug-likeness (QED) is 0.815. The Morgan fingerprint density at radius 3 is 2.59 bits per heavy atom. The zero-order chi connectivity index (χ0) is 12.6. The average molecular weight is 244 g/mol. The van der Waals surface area contributed by atoms with Gasteiger partial charge < -0.3 is 0 Å². The third-order valence-corrected chi connectivity index (χ3v) is 2.24. The van der Waals surface area contributed by atoms with Crippen LogP contribution in [0.15, 0.2) is 12.4 Å². The maximum Gasteiger partial charge on any atom is 0.408 e. The van der Waals surface area contributed by atoms with Crippen molar-refractivity contribution in [3.05, 3.63) is 18.2 Å². The van der Waals surface area contributed by atoms with Crippen LogP contribution in [0.3, 0.4) is 0 Å². The van der Waals surface area contributed by atoms with Crippen molar-refractivity contribution in [2.45, 2.75) is 32.5 Å². The summed E-state index contributed by atoms with van der Waals surface area (Å²) in [4.78, 5) is 8.18. The van der Waals surface area contributed by atoms with Gasteiger partial charge in [-0.3, -0.25) is 0 Å². The Bertz CT molecular complexity index is 530. The van der Waals surface area contributed by atoms with E-state index in [1.54, 1.807) is 0 Å². The lowest BCUT2D eigenvalue weighted by molar-refractivity contribution is -0.141. The fourth-order valence-electron chi connectivity index (χ4n) is 1.44. The molecule has 0 aliphatic carbocycles. The number of rotatable bonds is 2. The summed E-state index contributed by atoms with van der Waals surface area (Å²) in [7, 11) is 0. The van der Waals surface area contributed by atoms with Crippen molar-refractivity contribution < 1.29 is 13.2 Å². The first kappa shape index (κ1) is 11.8. The lowest BCUT2D eigenvalue weighted by Crippen LogP contribution is -2.19. The number of fused-ring (bicyclic) bond motifs is 1. The van der Waals surface area contributed by atoms with E-state index in [1.807, 2.05) is 13.8 Å². The summed E-state index contributed by atoms with van der Waals surface area (Å²) in [5.74, 6) is 0.579. The molecule has 0 amide bonds. The third kappa shape index (κ3) is 2.54. The Labute approximate surface area is 95.5 Å². The van der Waals surface area contributed by atoms with E-state index in [-0.39, 0.29) is 11.6 Å². The molecule has 2 aromatic heterocycles. The SMILES string of the molecule is CC(C)c1ncc2cnn(CC(F)(F)F)c2n1. The zero-order valence-corrected chi connectivity index (χ0v) is 9.36. The molecule has 4 nitrogen and oxygen atoms in total. The number of halogens is 3. The number of hydrogen-bond donors (Lipinski definition) is 0. The molecule has 92 valence electrons. The fraction of sp³-hybridized carbons (Fsp3) is 0.500. The van der Waals surface area contributed by atoms with Gasteiger partial charge in [0.2, 0.25) is 0 Å². The Hall–Kier alpha value is -1.66. The van der Waals surface area contributed by atoms with E-state index < -0.39 is 12.7 Å². The van der Waals surface area contributed by atoms with Gasteiger partial charge in [0.1, 0.15) is 12.4 Å². The van der Waals surface area contributed by atoms with Gasteiger partial charge in [-0.15, -0.1) is 0 Å². The Morgan fingerprint density at radius 2 is 2.00 bits per heavy atom. The summed E-state index contributed by atoms with van der Waals surface area (Å²) in [6.07, 6.45) is -1.47. The van der Waals surface area contributed by atoms with Gasteiger partial charge in [0.25, 0.3) is 0 Å². The second-order valence-corrected chi connectivity index (χ2v) is 4.08. The standard InChI is InChI=1S/C10H11F3N4/c1-6(2)8-14-3-7-4-15-17(9(7)16-8)5-10(11,12)13/h3-4,6H,5H2,1-2H3. The lowest BCUT2D eigenvalue weighted by Gasteiger charge is -2.08. The minimum atomic E-state index is -4.30. The van der Waals surface area contributed by atoms with Crippen LogP contribution >= 0.6 is 0 Å². The Morgan fingerprint density at radius 1 is 1.29 bits per heavy atom. The van der Waals surface area contributed by atoms with Gasteiger partial charge in [0.05, 0.1) is 11.6 Å². The highest BCUT2D eigenvalue weighted by atomic mass is 19.4. The molecule has 0 saturated heterocycles. The number of alkyl halides is 3. The molecule has 0 fully saturated rings. The predicted octanol–water partition coefficient (Wildman–Crippen LogP) is 2.51. The highest BCUT2D eigenvalue weighted by molar-refractivity contribution is 5.73. The van der Waals surface area contributed by atoms with E-state index in [4.69, 9.17) is 0 Å². The first-order valence-electron chi connectivity index (χ1n) is 5.12. The molecule has 0 aliphatic heterocycles. The predicted molar refractivity (Wildman–Crippen MR) is 55.5 cm³/mol. The molecule has 0 aromatic carbocycles. The van der Waals surface area contributed by atoms with Gasteiger partial charge in [-0.05, 0) is 0 Å². The van der Waals surface area contributed by atoms with Crippen LogP contribution in [0.25, 0.3) is 11.0 Å². The van der Waals surface area contributed by atoms with E-state index in [9.17, 15) is 13.2 Å². The van der Waals surface area contributed by atoms with Crippen molar-refractivity contribution in [1.29, 1.82) is 0 Å². The normalized spacial score (nSPS) is 12.6. The highest BCUT2D eigenvalue weighted by Gasteiger charge is 2.29. The summed E-state index contributed by atoms with van der Waals surface area (Å²) in [6, 6.07) is 0. The second-order valence-electron chi connectivity index (χ2n) is 4.08. The second kappa shape index (κ2) is 3.97. The topological polar surface area (TPSA) is 43.6 Å². The molecule has 17 heavy (non-hydrogen) atoms. The van der Waals surface area contributed by atoms with Crippen molar-refractivity contribution in [3.8, 4) is 0 Å². The summed E-state index contributed by atoms with van der Waals surface area (Å²) in [5.41, 5.74) is 0.223. The van der Waals surface area contributed by atoms with Crippen LogP contribution in [-0.4, -0.2) is 25.9 Å². The number of nitrogens with zero attached hydrogens (tertiary/aromatic N) is 4. The zero-order valence-electron chi connectivity index (χ0n) is 9.36. The van der Waals surface area contributed by atoms with E-state index >= 15 is 0 Å². The van der Waals surface area contributed by atoms with Crippen molar-refractivity contribution >= 4 is 11.0 Å². The van der Waals surface area contributed by atoms with E-state index in [2.05, 4.69) is 15.1 Å². The molecule has 0 radical (unpaired) electrons. The van der Waals surface area contributed by atoms with Crippen LogP contribution < -0.4 is 0 Å². The van der Waals surface area contributed by atoms with E-state index in [0.717, 1.165) is 4.68 Å². The molecule has 0 bridgehead atoms. The third-order valence-electron chi connectivity index (χ3n) is 2.24. The molecule has 0 spiro atoms. The molecule has 0 atom stereocenters. The van der Waals surface area contributed by atoms with Gasteiger partial charge in [-0.25, -0.2) is 14.6 Å². The first-order chi connectivity index (χ1) is 7.87. The van der Waals surface area contributed by atoms with Crippen molar-refractivity contribution in [3.63, 3.8) is 0 Å². The Kier molecular flexibility index (Phi) is 2.76. The molecule has 0 saturated carbocycles. The van der Waals surface area contributed by atoms with Crippen LogP contribution in [0, 0.1) is 0 Å². The maximum absolute atomic E-state index is 12.3. The minimum Gasteiger partial charge on any atom is -0.240 e. The highest BCUT2D eigenvalue weighted by Crippen LogP contribution is 2.20. The molecule has 2 rings (SSSR count). The van der Waals surface area contributed by atoms with E-state index in [1.165, 1.54) is 12.4 Å². The van der Waals surface area contributed by atoms with Crippen LogP contribution in [0.1, 0.15) is 25.6 Å². The van der Waals surface area contributed by atoms with Crippen LogP contribution in [0.2, 0.25) is 0 Å². The van der Waals surface area contributed by atoms with Crippen LogP contribution in [0.5, 0.6) is 0 Å². The molecule has 0 unspecified atom stereocenters. The van der Waals surface area contributed by atoms with Crippen molar-refractivity contribution in [1.82, 2.24) is 19.7 Å². The van der Waals surface area contributed by atoms with Gasteiger partial charge in [-0.1, -0.05) is 13.8 Å². The number of aromatic nitrogens is 4. The molecule has 2 aromatic rings.